The van der Waals surface area contributed by atoms with Gasteiger partial charge in [0, 0.05) is 5.71 Å². The molecule has 0 bridgehead atoms. The predicted molar refractivity (Wildman–Crippen MR) is 77.5 cm³/mol. The second-order valence-electron chi connectivity index (χ2n) is 6.16. The van der Waals surface area contributed by atoms with E-state index in [9.17, 15) is 0 Å². The third kappa shape index (κ3) is 3.69. The Balaban J connectivity index is 3.21. The quantitative estimate of drug-likeness (QED) is 0.632. The van der Waals surface area contributed by atoms with Crippen molar-refractivity contribution in [2.45, 2.75) is 53.9 Å². The van der Waals surface area contributed by atoms with E-state index in [-0.39, 0.29) is 5.41 Å². The van der Waals surface area contributed by atoms with Gasteiger partial charge in [0.2, 0.25) is 0 Å². The van der Waals surface area contributed by atoms with Crippen LogP contribution in [0, 0.1) is 12.8 Å². The van der Waals surface area contributed by atoms with Crippen molar-refractivity contribution in [2.75, 3.05) is 0 Å². The van der Waals surface area contributed by atoms with Crippen molar-refractivity contribution in [3.63, 3.8) is 0 Å². The Morgan fingerprint density at radius 1 is 1.18 bits per heavy atom. The molecule has 0 aliphatic carbocycles. The average molecular weight is 231 g/mol. The number of benzene rings is 1. The Morgan fingerprint density at radius 3 is 2.24 bits per heavy atom. The molecule has 0 spiro atoms. The summed E-state index contributed by atoms with van der Waals surface area (Å²) >= 11 is 0. The molecule has 1 rings (SSSR count). The molecule has 0 radical (unpaired) electrons. The van der Waals surface area contributed by atoms with Gasteiger partial charge in [0.1, 0.15) is 0 Å². The molecule has 0 saturated heterocycles. The Morgan fingerprint density at radius 2 is 1.76 bits per heavy atom. The van der Waals surface area contributed by atoms with Crippen LogP contribution < -0.4 is 0 Å². The van der Waals surface area contributed by atoms with Crippen LogP contribution in [0.5, 0.6) is 0 Å². The van der Waals surface area contributed by atoms with Crippen LogP contribution in [0.2, 0.25) is 0 Å². The van der Waals surface area contributed by atoms with Gasteiger partial charge in [-0.15, -0.1) is 0 Å². The molecule has 1 nitrogen and oxygen atoms in total. The maximum Gasteiger partial charge on any atom is 0.0661 e. The van der Waals surface area contributed by atoms with E-state index in [1.807, 2.05) is 0 Å². The molecule has 0 aromatic heterocycles. The molecule has 0 atom stereocenters. The lowest BCUT2D eigenvalue weighted by Gasteiger charge is -2.20. The first-order valence-electron chi connectivity index (χ1n) is 6.38. The third-order valence-corrected chi connectivity index (χ3v) is 3.21. The topological polar surface area (TPSA) is 12.4 Å². The molecule has 0 unspecified atom stereocenters. The van der Waals surface area contributed by atoms with E-state index in [4.69, 9.17) is 4.99 Å². The minimum absolute atomic E-state index is 0.184. The summed E-state index contributed by atoms with van der Waals surface area (Å²) in [6.45, 7) is 15.3. The van der Waals surface area contributed by atoms with Crippen molar-refractivity contribution in [2.24, 2.45) is 10.9 Å². The van der Waals surface area contributed by atoms with E-state index in [0.29, 0.717) is 5.92 Å². The Hall–Kier alpha value is -1.11. The van der Waals surface area contributed by atoms with Gasteiger partial charge >= 0.3 is 0 Å². The summed E-state index contributed by atoms with van der Waals surface area (Å²) in [6.07, 6.45) is 0. The van der Waals surface area contributed by atoms with Crippen LogP contribution >= 0.6 is 0 Å². The van der Waals surface area contributed by atoms with Crippen LogP contribution in [0.4, 0.5) is 5.69 Å². The number of aliphatic imine (C=N–C) groups is 1. The van der Waals surface area contributed by atoms with Crippen molar-refractivity contribution in [1.82, 2.24) is 0 Å². The first-order chi connectivity index (χ1) is 7.71. The molecule has 0 aliphatic rings. The summed E-state index contributed by atoms with van der Waals surface area (Å²) in [5, 5.41) is 0. The van der Waals surface area contributed by atoms with Gasteiger partial charge in [-0.3, -0.25) is 4.99 Å². The zero-order valence-electron chi connectivity index (χ0n) is 12.3. The van der Waals surface area contributed by atoms with Gasteiger partial charge in [-0.25, -0.2) is 0 Å². The van der Waals surface area contributed by atoms with Crippen LogP contribution in [0.1, 0.15) is 52.7 Å². The van der Waals surface area contributed by atoms with Crippen LogP contribution in [0.15, 0.2) is 23.2 Å². The monoisotopic (exact) mass is 231 g/mol. The molecule has 1 heteroatoms. The average Bonchev–Trinajstić information content (AvgIpc) is 2.19. The molecule has 0 fully saturated rings. The van der Waals surface area contributed by atoms with Crippen LogP contribution in [0.3, 0.4) is 0 Å². The first kappa shape index (κ1) is 14.0. The van der Waals surface area contributed by atoms with E-state index < -0.39 is 0 Å². The zero-order valence-corrected chi connectivity index (χ0v) is 12.3. The standard InChI is InChI=1S/C16H25N/c1-11(2)13(4)17-15-10-14(16(5,6)7)9-8-12(15)3/h8-11H,1-7H3. The molecule has 0 N–H and O–H groups in total. The lowest BCUT2D eigenvalue weighted by molar-refractivity contribution is 0.590. The second-order valence-corrected chi connectivity index (χ2v) is 6.16. The highest BCUT2D eigenvalue weighted by Crippen LogP contribution is 2.28. The minimum atomic E-state index is 0.184. The van der Waals surface area contributed by atoms with Gasteiger partial charge in [0.05, 0.1) is 5.69 Å². The first-order valence-corrected chi connectivity index (χ1v) is 6.38. The minimum Gasteiger partial charge on any atom is -0.258 e. The van der Waals surface area contributed by atoms with Gasteiger partial charge in [-0.05, 0) is 42.4 Å². The summed E-state index contributed by atoms with van der Waals surface area (Å²) < 4.78 is 0. The SMILES string of the molecule is CC(=Nc1cc(C(C)(C)C)ccc1C)C(C)C. The molecule has 1 aromatic carbocycles. The highest BCUT2D eigenvalue weighted by Gasteiger charge is 2.14. The van der Waals surface area contributed by atoms with E-state index in [1.54, 1.807) is 0 Å². The van der Waals surface area contributed by atoms with Crippen molar-refractivity contribution in [1.29, 1.82) is 0 Å². The lowest BCUT2D eigenvalue weighted by atomic mass is 9.86. The highest BCUT2D eigenvalue weighted by molar-refractivity contribution is 5.86. The molecular formula is C16H25N. The summed E-state index contributed by atoms with van der Waals surface area (Å²) in [4.78, 5) is 4.75. The molecule has 0 aliphatic heterocycles. The lowest BCUT2D eigenvalue weighted by Crippen LogP contribution is -2.10. The smallest absolute Gasteiger partial charge is 0.0661 e. The number of nitrogens with zero attached hydrogens (tertiary/aromatic N) is 1. The van der Waals surface area contributed by atoms with Gasteiger partial charge in [0.15, 0.2) is 0 Å². The van der Waals surface area contributed by atoms with E-state index >= 15 is 0 Å². The summed E-state index contributed by atoms with van der Waals surface area (Å²) in [5.74, 6) is 0.507. The molecule has 0 amide bonds. The molecule has 17 heavy (non-hydrogen) atoms. The van der Waals surface area contributed by atoms with Crippen molar-refractivity contribution < 1.29 is 0 Å². The highest BCUT2D eigenvalue weighted by atomic mass is 14.7. The maximum atomic E-state index is 4.75. The number of aryl methyl sites for hydroxylation is 1. The molecule has 1 aromatic rings. The molecule has 0 saturated carbocycles. The van der Waals surface area contributed by atoms with Crippen molar-refractivity contribution in [3.05, 3.63) is 29.3 Å². The number of hydrogen-bond acceptors (Lipinski definition) is 1. The summed E-state index contributed by atoms with van der Waals surface area (Å²) in [6, 6.07) is 6.60. The summed E-state index contributed by atoms with van der Waals surface area (Å²) in [5.41, 5.74) is 5.09. The molecular weight excluding hydrogens is 206 g/mol. The Kier molecular flexibility index (Phi) is 4.13. The van der Waals surface area contributed by atoms with E-state index in [1.165, 1.54) is 16.8 Å². The van der Waals surface area contributed by atoms with Gasteiger partial charge in [-0.2, -0.15) is 0 Å². The predicted octanol–water partition coefficient (Wildman–Crippen LogP) is 5.04. The van der Waals surface area contributed by atoms with Gasteiger partial charge in [-0.1, -0.05) is 46.8 Å². The third-order valence-electron chi connectivity index (χ3n) is 3.21. The van der Waals surface area contributed by atoms with E-state index in [2.05, 4.69) is 66.7 Å². The Labute approximate surface area is 106 Å². The van der Waals surface area contributed by atoms with Crippen LogP contribution in [-0.2, 0) is 5.41 Å². The number of rotatable bonds is 2. The van der Waals surface area contributed by atoms with E-state index in [0.717, 1.165) is 5.69 Å². The zero-order chi connectivity index (χ0) is 13.2. The fraction of sp³-hybridized carbons (Fsp3) is 0.562. The van der Waals surface area contributed by atoms with Crippen LogP contribution in [-0.4, -0.2) is 5.71 Å². The normalized spacial score (nSPS) is 13.3. The van der Waals surface area contributed by atoms with Crippen LogP contribution in [0.25, 0.3) is 0 Å². The second kappa shape index (κ2) is 5.03. The largest absolute Gasteiger partial charge is 0.258 e. The van der Waals surface area contributed by atoms with Crippen molar-refractivity contribution in [3.8, 4) is 0 Å². The van der Waals surface area contributed by atoms with Crippen molar-refractivity contribution >= 4 is 11.4 Å². The number of hydrogen-bond donors (Lipinski definition) is 0. The fourth-order valence-corrected chi connectivity index (χ4v) is 1.52. The fourth-order valence-electron chi connectivity index (χ4n) is 1.52. The Bertz CT molecular complexity index is 420. The van der Waals surface area contributed by atoms with Gasteiger partial charge < -0.3 is 0 Å². The summed E-state index contributed by atoms with van der Waals surface area (Å²) in [7, 11) is 0. The molecule has 0 heterocycles. The van der Waals surface area contributed by atoms with Gasteiger partial charge in [0.25, 0.3) is 0 Å². The molecule has 94 valence electrons. The maximum absolute atomic E-state index is 4.75.